The molecule has 1 unspecified atom stereocenters. The van der Waals surface area contributed by atoms with E-state index in [0.717, 1.165) is 6.54 Å². The predicted octanol–water partition coefficient (Wildman–Crippen LogP) is 1.61. The summed E-state index contributed by atoms with van der Waals surface area (Å²) in [4.78, 5) is 2.39. The number of nitrogens with one attached hydrogen (secondary N) is 1. The normalized spacial score (nSPS) is 23.3. The highest BCUT2D eigenvalue weighted by atomic mass is 15.1. The van der Waals surface area contributed by atoms with Gasteiger partial charge in [-0.2, -0.15) is 5.26 Å². The zero-order valence-corrected chi connectivity index (χ0v) is 10.2. The molecule has 1 atom stereocenters. The van der Waals surface area contributed by atoms with E-state index in [2.05, 4.69) is 37.2 Å². The lowest BCUT2D eigenvalue weighted by molar-refractivity contribution is 0.134. The minimum Gasteiger partial charge on any atom is -0.313 e. The molecule has 0 spiro atoms. The van der Waals surface area contributed by atoms with Crippen LogP contribution in [0, 0.1) is 16.7 Å². The highest BCUT2D eigenvalue weighted by Gasteiger charge is 2.28. The van der Waals surface area contributed by atoms with E-state index in [1.165, 1.54) is 25.9 Å². The van der Waals surface area contributed by atoms with Crippen LogP contribution in [-0.4, -0.2) is 37.6 Å². The lowest BCUT2D eigenvalue weighted by atomic mass is 9.80. The van der Waals surface area contributed by atoms with Gasteiger partial charge in [0.05, 0.1) is 12.5 Å². The molecule has 1 saturated heterocycles. The molecule has 15 heavy (non-hydrogen) atoms. The van der Waals surface area contributed by atoms with Crippen molar-refractivity contribution in [2.24, 2.45) is 5.41 Å². The van der Waals surface area contributed by atoms with Gasteiger partial charge in [0.25, 0.3) is 0 Å². The fourth-order valence-corrected chi connectivity index (χ4v) is 1.96. The SMILES string of the molecule is CC(CC#N)NCC1(C)CCN(C)CC1. The smallest absolute Gasteiger partial charge is 0.0638 e. The van der Waals surface area contributed by atoms with Gasteiger partial charge < -0.3 is 10.2 Å². The molecular weight excluding hydrogens is 186 g/mol. The van der Waals surface area contributed by atoms with Crippen LogP contribution in [0.5, 0.6) is 0 Å². The Hall–Kier alpha value is -0.590. The minimum absolute atomic E-state index is 0.325. The fraction of sp³-hybridized carbons (Fsp3) is 0.917. The van der Waals surface area contributed by atoms with Crippen molar-refractivity contribution in [3.8, 4) is 6.07 Å². The molecule has 1 heterocycles. The van der Waals surface area contributed by atoms with Crippen LogP contribution in [-0.2, 0) is 0 Å². The molecule has 1 aliphatic heterocycles. The van der Waals surface area contributed by atoms with Crippen LogP contribution >= 0.6 is 0 Å². The Labute approximate surface area is 93.5 Å². The Kier molecular flexibility index (Phi) is 4.56. The maximum atomic E-state index is 8.58. The summed E-state index contributed by atoms with van der Waals surface area (Å²) in [5.74, 6) is 0. The number of hydrogen-bond acceptors (Lipinski definition) is 3. The molecule has 3 heteroatoms. The topological polar surface area (TPSA) is 39.1 Å². The highest BCUT2D eigenvalue weighted by molar-refractivity contribution is 4.85. The van der Waals surface area contributed by atoms with Gasteiger partial charge in [0.15, 0.2) is 0 Å². The number of piperidine rings is 1. The molecule has 86 valence electrons. The first-order valence-electron chi connectivity index (χ1n) is 5.85. The monoisotopic (exact) mass is 209 g/mol. The number of hydrogen-bond donors (Lipinski definition) is 1. The van der Waals surface area contributed by atoms with Crippen LogP contribution in [0.3, 0.4) is 0 Å². The third-order valence-corrected chi connectivity index (χ3v) is 3.47. The summed E-state index contributed by atoms with van der Waals surface area (Å²) in [6.45, 7) is 7.88. The molecule has 0 aromatic rings. The van der Waals surface area contributed by atoms with E-state index in [9.17, 15) is 0 Å². The number of nitrogens with zero attached hydrogens (tertiary/aromatic N) is 2. The Morgan fingerprint density at radius 2 is 2.07 bits per heavy atom. The zero-order valence-electron chi connectivity index (χ0n) is 10.2. The molecule has 0 amide bonds. The lowest BCUT2D eigenvalue weighted by Crippen LogP contribution is -2.44. The van der Waals surface area contributed by atoms with Crippen LogP contribution in [0.1, 0.15) is 33.1 Å². The Morgan fingerprint density at radius 1 is 1.47 bits per heavy atom. The van der Waals surface area contributed by atoms with Crippen molar-refractivity contribution in [2.75, 3.05) is 26.7 Å². The van der Waals surface area contributed by atoms with Gasteiger partial charge in [-0.1, -0.05) is 6.92 Å². The van der Waals surface area contributed by atoms with Crippen LogP contribution in [0.25, 0.3) is 0 Å². The van der Waals surface area contributed by atoms with Crippen molar-refractivity contribution < 1.29 is 0 Å². The van der Waals surface area contributed by atoms with Gasteiger partial charge in [0, 0.05) is 12.6 Å². The van der Waals surface area contributed by atoms with Crippen LogP contribution in [0.4, 0.5) is 0 Å². The first kappa shape index (κ1) is 12.5. The summed E-state index contributed by atoms with van der Waals surface area (Å²) in [6, 6.07) is 2.53. The lowest BCUT2D eigenvalue weighted by Gasteiger charge is -2.38. The molecule has 0 saturated carbocycles. The van der Waals surface area contributed by atoms with Gasteiger partial charge in [-0.25, -0.2) is 0 Å². The molecule has 0 radical (unpaired) electrons. The molecular formula is C12H23N3. The van der Waals surface area contributed by atoms with Crippen LogP contribution < -0.4 is 5.32 Å². The molecule has 1 N–H and O–H groups in total. The number of nitriles is 1. The van der Waals surface area contributed by atoms with E-state index in [0.29, 0.717) is 17.9 Å². The largest absolute Gasteiger partial charge is 0.313 e. The Balaban J connectivity index is 2.28. The fourth-order valence-electron chi connectivity index (χ4n) is 1.96. The van der Waals surface area contributed by atoms with Crippen LogP contribution in [0.2, 0.25) is 0 Å². The third-order valence-electron chi connectivity index (χ3n) is 3.47. The predicted molar refractivity (Wildman–Crippen MR) is 62.5 cm³/mol. The maximum absolute atomic E-state index is 8.58. The molecule has 0 bridgehead atoms. The minimum atomic E-state index is 0.325. The summed E-state index contributed by atoms with van der Waals surface area (Å²) < 4.78 is 0. The van der Waals surface area contributed by atoms with Crippen molar-refractivity contribution in [1.29, 1.82) is 5.26 Å². The van der Waals surface area contributed by atoms with E-state index < -0.39 is 0 Å². The van der Waals surface area contributed by atoms with Crippen molar-refractivity contribution in [3.05, 3.63) is 0 Å². The Morgan fingerprint density at radius 3 is 2.60 bits per heavy atom. The second-order valence-electron chi connectivity index (χ2n) is 5.26. The third kappa shape index (κ3) is 4.19. The second kappa shape index (κ2) is 5.48. The van der Waals surface area contributed by atoms with Gasteiger partial charge in [-0.3, -0.25) is 0 Å². The quantitative estimate of drug-likeness (QED) is 0.764. The molecule has 0 aromatic carbocycles. The first-order chi connectivity index (χ1) is 7.06. The zero-order chi connectivity index (χ0) is 11.3. The van der Waals surface area contributed by atoms with Crippen molar-refractivity contribution in [1.82, 2.24) is 10.2 Å². The average Bonchev–Trinajstić information content (AvgIpc) is 2.21. The highest BCUT2D eigenvalue weighted by Crippen LogP contribution is 2.29. The first-order valence-corrected chi connectivity index (χ1v) is 5.85. The summed E-state index contributed by atoms with van der Waals surface area (Å²) in [7, 11) is 2.19. The van der Waals surface area contributed by atoms with E-state index in [1.54, 1.807) is 0 Å². The molecule has 3 nitrogen and oxygen atoms in total. The standard InChI is InChI=1S/C12H23N3/c1-11(4-7-13)14-10-12(2)5-8-15(3)9-6-12/h11,14H,4-6,8-10H2,1-3H3. The van der Waals surface area contributed by atoms with Crippen molar-refractivity contribution >= 4 is 0 Å². The van der Waals surface area contributed by atoms with E-state index in [1.807, 2.05) is 0 Å². The molecule has 1 aliphatic rings. The van der Waals surface area contributed by atoms with Crippen LogP contribution in [0.15, 0.2) is 0 Å². The van der Waals surface area contributed by atoms with E-state index in [4.69, 9.17) is 5.26 Å². The number of likely N-dealkylation sites (tertiary alicyclic amines) is 1. The molecule has 1 rings (SSSR count). The van der Waals surface area contributed by atoms with Gasteiger partial charge in [0.2, 0.25) is 0 Å². The summed E-state index contributed by atoms with van der Waals surface area (Å²) in [5.41, 5.74) is 0.427. The van der Waals surface area contributed by atoms with Gasteiger partial charge in [0.1, 0.15) is 0 Å². The second-order valence-corrected chi connectivity index (χ2v) is 5.26. The van der Waals surface area contributed by atoms with Gasteiger partial charge in [-0.15, -0.1) is 0 Å². The summed E-state index contributed by atoms with van der Waals surface area (Å²) in [5, 5.41) is 12.0. The van der Waals surface area contributed by atoms with E-state index >= 15 is 0 Å². The van der Waals surface area contributed by atoms with Crippen molar-refractivity contribution in [3.63, 3.8) is 0 Å². The molecule has 1 fully saturated rings. The summed E-state index contributed by atoms with van der Waals surface area (Å²) in [6.07, 6.45) is 3.13. The van der Waals surface area contributed by atoms with Crippen molar-refractivity contribution in [2.45, 2.75) is 39.2 Å². The van der Waals surface area contributed by atoms with Gasteiger partial charge in [-0.05, 0) is 45.3 Å². The van der Waals surface area contributed by atoms with Gasteiger partial charge >= 0.3 is 0 Å². The molecule has 0 aromatic heterocycles. The average molecular weight is 209 g/mol. The Bertz CT molecular complexity index is 224. The molecule has 0 aliphatic carbocycles. The number of rotatable bonds is 4. The summed E-state index contributed by atoms with van der Waals surface area (Å²) >= 11 is 0. The maximum Gasteiger partial charge on any atom is 0.0638 e. The van der Waals surface area contributed by atoms with E-state index in [-0.39, 0.29) is 0 Å².